The van der Waals surface area contributed by atoms with Gasteiger partial charge in [-0.25, -0.2) is 0 Å². The van der Waals surface area contributed by atoms with E-state index in [2.05, 4.69) is 14.2 Å². The molecule has 0 aromatic carbocycles. The molecule has 0 aliphatic heterocycles. The van der Waals surface area contributed by atoms with Gasteiger partial charge in [-0.15, -0.1) is 0 Å². The number of carbonyl (C=O) groups is 3. The Bertz CT molecular complexity index is 235. The number of esters is 3. The minimum absolute atomic E-state index is 0.0143. The number of ether oxygens (including phenoxy) is 3. The topological polar surface area (TPSA) is 78.9 Å². The lowest BCUT2D eigenvalue weighted by Gasteiger charge is -2.03. The highest BCUT2D eigenvalue weighted by atomic mass is 16.5. The molecule has 86 valence electrons. The van der Waals surface area contributed by atoms with Gasteiger partial charge in [-0.2, -0.15) is 0 Å². The fourth-order valence-electron chi connectivity index (χ4n) is 0.729. The Morgan fingerprint density at radius 3 is 1.80 bits per heavy atom. The standard InChI is InChI=1S/C9H14O6/c1-13-7(10)3-4-9(12)15-6-5-8(11)14-2/h3-6H2,1-2H3. The van der Waals surface area contributed by atoms with E-state index in [1.165, 1.54) is 14.2 Å². The molecular formula is C9H14O6. The van der Waals surface area contributed by atoms with Gasteiger partial charge in [-0.1, -0.05) is 0 Å². The van der Waals surface area contributed by atoms with E-state index in [1.54, 1.807) is 0 Å². The maximum absolute atomic E-state index is 11.0. The van der Waals surface area contributed by atoms with E-state index in [4.69, 9.17) is 0 Å². The van der Waals surface area contributed by atoms with Crippen LogP contribution in [-0.4, -0.2) is 38.7 Å². The molecule has 0 rings (SSSR count). The van der Waals surface area contributed by atoms with Crippen molar-refractivity contribution in [3.8, 4) is 0 Å². The van der Waals surface area contributed by atoms with Crippen molar-refractivity contribution in [2.45, 2.75) is 19.3 Å². The zero-order valence-corrected chi connectivity index (χ0v) is 8.78. The van der Waals surface area contributed by atoms with Crippen LogP contribution in [0.2, 0.25) is 0 Å². The normalized spacial score (nSPS) is 9.20. The highest BCUT2D eigenvalue weighted by Crippen LogP contribution is 1.96. The quantitative estimate of drug-likeness (QED) is 0.463. The molecule has 6 heteroatoms. The van der Waals surface area contributed by atoms with E-state index in [0.29, 0.717) is 0 Å². The minimum atomic E-state index is -0.538. The molecule has 0 aromatic rings. The van der Waals surface area contributed by atoms with Gasteiger partial charge in [-0.05, 0) is 0 Å². The average molecular weight is 218 g/mol. The maximum Gasteiger partial charge on any atom is 0.308 e. The molecule has 0 aliphatic rings. The minimum Gasteiger partial charge on any atom is -0.469 e. The van der Waals surface area contributed by atoms with Gasteiger partial charge in [0.25, 0.3) is 0 Å². The molecule has 0 amide bonds. The first-order chi connectivity index (χ1) is 7.10. The fraction of sp³-hybridized carbons (Fsp3) is 0.667. The SMILES string of the molecule is COC(=O)CCOC(=O)CCC(=O)OC. The molecular weight excluding hydrogens is 204 g/mol. The van der Waals surface area contributed by atoms with Crippen LogP contribution in [0.3, 0.4) is 0 Å². The Morgan fingerprint density at radius 2 is 1.27 bits per heavy atom. The molecule has 0 bridgehead atoms. The monoisotopic (exact) mass is 218 g/mol. The Morgan fingerprint density at radius 1 is 0.800 bits per heavy atom. The highest BCUT2D eigenvalue weighted by Gasteiger charge is 2.08. The van der Waals surface area contributed by atoms with Gasteiger partial charge in [0.05, 0.1) is 33.5 Å². The number of hydrogen-bond donors (Lipinski definition) is 0. The molecule has 0 heterocycles. The van der Waals surface area contributed by atoms with Crippen LogP contribution in [0.5, 0.6) is 0 Å². The summed E-state index contributed by atoms with van der Waals surface area (Å²) in [6.07, 6.45) is -0.0537. The van der Waals surface area contributed by atoms with Crippen molar-refractivity contribution in [2.24, 2.45) is 0 Å². The summed E-state index contributed by atoms with van der Waals surface area (Å²) in [4.78, 5) is 32.2. The third kappa shape index (κ3) is 7.48. The van der Waals surface area contributed by atoms with Crippen molar-refractivity contribution in [3.05, 3.63) is 0 Å². The van der Waals surface area contributed by atoms with E-state index in [0.717, 1.165) is 0 Å². The maximum atomic E-state index is 11.0. The van der Waals surface area contributed by atoms with E-state index in [1.807, 2.05) is 0 Å². The average Bonchev–Trinajstić information content (AvgIpc) is 2.25. The lowest BCUT2D eigenvalue weighted by atomic mass is 10.3. The summed E-state index contributed by atoms with van der Waals surface area (Å²) in [5.41, 5.74) is 0. The van der Waals surface area contributed by atoms with Gasteiger partial charge in [0.15, 0.2) is 0 Å². The van der Waals surface area contributed by atoms with Crippen molar-refractivity contribution in [2.75, 3.05) is 20.8 Å². The predicted molar refractivity (Wildman–Crippen MR) is 48.8 cm³/mol. The van der Waals surface area contributed by atoms with Gasteiger partial charge in [0.2, 0.25) is 0 Å². The van der Waals surface area contributed by atoms with E-state index < -0.39 is 17.9 Å². The van der Waals surface area contributed by atoms with Gasteiger partial charge >= 0.3 is 17.9 Å². The lowest BCUT2D eigenvalue weighted by Crippen LogP contribution is -2.12. The molecule has 0 unspecified atom stereocenters. The molecule has 0 fully saturated rings. The van der Waals surface area contributed by atoms with E-state index in [-0.39, 0.29) is 25.9 Å². The summed E-state index contributed by atoms with van der Waals surface area (Å²) >= 11 is 0. The van der Waals surface area contributed by atoms with Gasteiger partial charge in [0.1, 0.15) is 6.61 Å². The molecule has 0 saturated carbocycles. The smallest absolute Gasteiger partial charge is 0.308 e. The van der Waals surface area contributed by atoms with Crippen LogP contribution in [0.25, 0.3) is 0 Å². The summed E-state index contributed by atoms with van der Waals surface area (Å²) in [6, 6.07) is 0. The summed E-state index contributed by atoms with van der Waals surface area (Å²) in [5.74, 6) is -1.46. The first-order valence-electron chi connectivity index (χ1n) is 4.39. The number of methoxy groups -OCH3 is 2. The highest BCUT2D eigenvalue weighted by molar-refractivity contribution is 5.77. The van der Waals surface area contributed by atoms with Crippen LogP contribution in [0.15, 0.2) is 0 Å². The zero-order chi connectivity index (χ0) is 11.7. The number of rotatable bonds is 6. The van der Waals surface area contributed by atoms with E-state index in [9.17, 15) is 14.4 Å². The van der Waals surface area contributed by atoms with Crippen molar-refractivity contribution in [3.63, 3.8) is 0 Å². The zero-order valence-electron chi connectivity index (χ0n) is 8.78. The molecule has 0 aliphatic carbocycles. The Labute approximate surface area is 87.5 Å². The predicted octanol–water partition coefficient (Wildman–Crippen LogP) is 0.0459. The third-order valence-corrected chi connectivity index (χ3v) is 1.56. The molecule has 0 atom stereocenters. The van der Waals surface area contributed by atoms with Crippen LogP contribution in [-0.2, 0) is 28.6 Å². The molecule has 0 aromatic heterocycles. The number of carbonyl (C=O) groups excluding carboxylic acids is 3. The first kappa shape index (κ1) is 13.4. The van der Waals surface area contributed by atoms with Crippen molar-refractivity contribution in [1.82, 2.24) is 0 Å². The first-order valence-corrected chi connectivity index (χ1v) is 4.39. The number of hydrogen-bond acceptors (Lipinski definition) is 6. The van der Waals surface area contributed by atoms with Gasteiger partial charge in [0, 0.05) is 0 Å². The van der Waals surface area contributed by atoms with Crippen molar-refractivity contribution >= 4 is 17.9 Å². The Hall–Kier alpha value is -1.59. The second-order valence-corrected chi connectivity index (χ2v) is 2.62. The van der Waals surface area contributed by atoms with Crippen LogP contribution >= 0.6 is 0 Å². The Balaban J connectivity index is 3.49. The molecule has 0 saturated heterocycles. The largest absolute Gasteiger partial charge is 0.469 e. The van der Waals surface area contributed by atoms with Crippen LogP contribution in [0.4, 0.5) is 0 Å². The fourth-order valence-corrected chi connectivity index (χ4v) is 0.729. The second kappa shape index (κ2) is 7.78. The lowest BCUT2D eigenvalue weighted by molar-refractivity contribution is -0.151. The summed E-state index contributed by atoms with van der Waals surface area (Å²) in [6.45, 7) is -0.0350. The molecule has 0 spiro atoms. The van der Waals surface area contributed by atoms with E-state index >= 15 is 0 Å². The van der Waals surface area contributed by atoms with Gasteiger partial charge in [-0.3, -0.25) is 14.4 Å². The molecule has 0 N–H and O–H groups in total. The Kier molecular flexibility index (Phi) is 6.96. The second-order valence-electron chi connectivity index (χ2n) is 2.62. The van der Waals surface area contributed by atoms with Crippen LogP contribution in [0, 0.1) is 0 Å². The van der Waals surface area contributed by atoms with Crippen LogP contribution in [0.1, 0.15) is 19.3 Å². The van der Waals surface area contributed by atoms with Gasteiger partial charge < -0.3 is 14.2 Å². The summed E-state index contributed by atoms with van der Waals surface area (Å²) in [5, 5.41) is 0. The molecule has 6 nitrogen and oxygen atoms in total. The third-order valence-electron chi connectivity index (χ3n) is 1.56. The molecule has 15 heavy (non-hydrogen) atoms. The van der Waals surface area contributed by atoms with Crippen molar-refractivity contribution in [1.29, 1.82) is 0 Å². The van der Waals surface area contributed by atoms with Crippen LogP contribution < -0.4 is 0 Å². The summed E-state index contributed by atoms with van der Waals surface area (Å²) < 4.78 is 13.3. The summed E-state index contributed by atoms with van der Waals surface area (Å²) in [7, 11) is 2.49. The molecule has 0 radical (unpaired) electrons. The van der Waals surface area contributed by atoms with Crippen molar-refractivity contribution < 1.29 is 28.6 Å².